The number of amides is 1. The fourth-order valence-electron chi connectivity index (χ4n) is 4.87. The molecule has 1 aliphatic heterocycles. The summed E-state index contributed by atoms with van der Waals surface area (Å²) in [5.41, 5.74) is 0.0291. The molecule has 2 aromatic heterocycles. The van der Waals surface area contributed by atoms with Crippen molar-refractivity contribution in [1.82, 2.24) is 15.0 Å². The first-order valence-electron chi connectivity index (χ1n) is 12.3. The van der Waals surface area contributed by atoms with Gasteiger partial charge in [-0.15, -0.1) is 0 Å². The van der Waals surface area contributed by atoms with Crippen molar-refractivity contribution < 1.29 is 14.4 Å². The Morgan fingerprint density at radius 1 is 1.09 bits per heavy atom. The second-order valence-electron chi connectivity index (χ2n) is 9.43. The van der Waals surface area contributed by atoms with Crippen molar-refractivity contribution in [2.24, 2.45) is 0 Å². The van der Waals surface area contributed by atoms with Gasteiger partial charge < -0.3 is 0 Å². The van der Waals surface area contributed by atoms with E-state index >= 15 is 0 Å². The Bertz CT molecular complexity index is 878. The maximum atomic E-state index is 12.4. The van der Waals surface area contributed by atoms with E-state index in [-0.39, 0.29) is 11.7 Å². The van der Waals surface area contributed by atoms with Crippen molar-refractivity contribution in [2.75, 3.05) is 13.6 Å². The monoisotopic (exact) mass is 549 g/mol. The molecule has 3 heterocycles. The van der Waals surface area contributed by atoms with E-state index in [2.05, 4.69) is 32.0 Å². The second-order valence-corrected chi connectivity index (χ2v) is 22.5. The Balaban J connectivity index is 1.95. The molecular formula is C25H39N3O3Sn. The van der Waals surface area contributed by atoms with Crippen molar-refractivity contribution in [1.29, 1.82) is 0 Å². The van der Waals surface area contributed by atoms with Gasteiger partial charge in [0, 0.05) is 0 Å². The van der Waals surface area contributed by atoms with E-state index in [0.29, 0.717) is 18.7 Å². The quantitative estimate of drug-likeness (QED) is 0.384. The van der Waals surface area contributed by atoms with Crippen molar-refractivity contribution in [3.63, 3.8) is 0 Å². The number of hydrogen-bond acceptors (Lipinski definition) is 5. The summed E-state index contributed by atoms with van der Waals surface area (Å²) in [4.78, 5) is 18.9. The maximum absolute atomic E-state index is 12.4. The number of carbonyl (C=O) groups excluding carboxylic acids is 1. The van der Waals surface area contributed by atoms with Crippen molar-refractivity contribution in [3.8, 4) is 11.3 Å². The summed E-state index contributed by atoms with van der Waals surface area (Å²) in [6.45, 7) is 7.35. The molecule has 1 fully saturated rings. The van der Waals surface area contributed by atoms with Gasteiger partial charge in [0.05, 0.1) is 0 Å². The third-order valence-electron chi connectivity index (χ3n) is 7.05. The minimum atomic E-state index is -2.66. The standard InChI is InChI=1S/C13H12N3O3.3C4H9.Sn/c1-16-7-4-13(18,12(16)17)11-8-10(15-19-11)9-2-5-14-6-3-9;3*1-3-4-2;/h2-3,5,8,18H,4,7H2,1H3;3*1,3-4H2,2H3;/t13-;;;;/m0..../s1. The van der Waals surface area contributed by atoms with E-state index in [0.717, 1.165) is 5.56 Å². The number of aromatic nitrogens is 2. The van der Waals surface area contributed by atoms with E-state index in [4.69, 9.17) is 9.51 Å². The van der Waals surface area contributed by atoms with Gasteiger partial charge in [0.2, 0.25) is 0 Å². The SMILES string of the molecule is CCC[CH2][Sn]([CH2]CCC)([CH2]CCC)[c]1cc(-c2cc([C@@]3(O)CCN(C)C3=O)on2)ccn1. The topological polar surface area (TPSA) is 79.5 Å². The van der Waals surface area contributed by atoms with E-state index < -0.39 is 24.0 Å². The van der Waals surface area contributed by atoms with Crippen LogP contribution in [0.1, 0.15) is 71.5 Å². The van der Waals surface area contributed by atoms with Gasteiger partial charge in [0.15, 0.2) is 0 Å². The van der Waals surface area contributed by atoms with E-state index in [1.54, 1.807) is 13.1 Å². The van der Waals surface area contributed by atoms with Crippen LogP contribution in [-0.4, -0.2) is 58.0 Å². The van der Waals surface area contributed by atoms with Crippen LogP contribution >= 0.6 is 0 Å². The minimum absolute atomic E-state index is 0.234. The third kappa shape index (κ3) is 5.22. The first kappa shape index (κ1) is 25.2. The van der Waals surface area contributed by atoms with Crippen LogP contribution in [0.2, 0.25) is 13.3 Å². The molecule has 1 aliphatic rings. The second kappa shape index (κ2) is 11.1. The normalized spacial score (nSPS) is 19.2. The summed E-state index contributed by atoms with van der Waals surface area (Å²) in [6.07, 6.45) is 9.77. The number of carbonyl (C=O) groups is 1. The van der Waals surface area contributed by atoms with Gasteiger partial charge >= 0.3 is 197 Å². The van der Waals surface area contributed by atoms with E-state index in [1.165, 1.54) is 60.4 Å². The van der Waals surface area contributed by atoms with Gasteiger partial charge in [-0.25, -0.2) is 0 Å². The van der Waals surface area contributed by atoms with Crippen LogP contribution < -0.4 is 3.71 Å². The van der Waals surface area contributed by atoms with Gasteiger partial charge in [-0.05, 0) is 0 Å². The van der Waals surface area contributed by atoms with Gasteiger partial charge in [0.1, 0.15) is 0 Å². The summed E-state index contributed by atoms with van der Waals surface area (Å²) in [5.74, 6) is -0.0949. The van der Waals surface area contributed by atoms with Gasteiger partial charge in [0.25, 0.3) is 0 Å². The first-order valence-corrected chi connectivity index (χ1v) is 19.8. The Labute approximate surface area is 196 Å². The number of unbranched alkanes of at least 4 members (excludes halogenated alkanes) is 3. The third-order valence-corrected chi connectivity index (χ3v) is 22.2. The fraction of sp³-hybridized carbons (Fsp3) is 0.640. The Morgan fingerprint density at radius 2 is 1.72 bits per heavy atom. The molecule has 2 aromatic rings. The van der Waals surface area contributed by atoms with Crippen LogP contribution in [0.25, 0.3) is 11.3 Å². The Kier molecular flexibility index (Phi) is 8.78. The molecule has 32 heavy (non-hydrogen) atoms. The molecule has 176 valence electrons. The number of aliphatic hydroxyl groups is 1. The zero-order valence-electron chi connectivity index (χ0n) is 20.2. The summed E-state index contributed by atoms with van der Waals surface area (Å²) in [6, 6.07) is 5.94. The molecule has 0 radical (unpaired) electrons. The Morgan fingerprint density at radius 3 is 2.25 bits per heavy atom. The van der Waals surface area contributed by atoms with Gasteiger partial charge in [-0.1, -0.05) is 0 Å². The molecule has 3 rings (SSSR count). The molecule has 0 bridgehead atoms. The molecule has 0 aromatic carbocycles. The zero-order valence-corrected chi connectivity index (χ0v) is 23.0. The molecule has 1 amide bonds. The number of hydrogen-bond donors (Lipinski definition) is 1. The summed E-state index contributed by atoms with van der Waals surface area (Å²) in [7, 11) is 1.70. The fourth-order valence-corrected chi connectivity index (χ4v) is 20.3. The predicted octanol–water partition coefficient (Wildman–Crippen LogP) is 4.84. The average Bonchev–Trinajstić information content (AvgIpc) is 3.41. The van der Waals surface area contributed by atoms with Gasteiger partial charge in [-0.3, -0.25) is 0 Å². The molecule has 0 spiro atoms. The molecule has 0 saturated carbocycles. The van der Waals surface area contributed by atoms with Crippen LogP contribution in [0.3, 0.4) is 0 Å². The molecule has 0 unspecified atom stereocenters. The van der Waals surface area contributed by atoms with Gasteiger partial charge in [-0.2, -0.15) is 0 Å². The number of rotatable bonds is 12. The van der Waals surface area contributed by atoms with Crippen LogP contribution in [0.5, 0.6) is 0 Å². The van der Waals surface area contributed by atoms with Crippen molar-refractivity contribution in [3.05, 3.63) is 30.2 Å². The Hall–Kier alpha value is -1.41. The molecule has 1 saturated heterocycles. The van der Waals surface area contributed by atoms with Crippen molar-refractivity contribution >= 4 is 28.0 Å². The average molecular weight is 548 g/mol. The molecule has 6 nitrogen and oxygen atoms in total. The number of pyridine rings is 1. The summed E-state index contributed by atoms with van der Waals surface area (Å²) < 4.78 is 10.9. The molecule has 1 N–H and O–H groups in total. The van der Waals surface area contributed by atoms with E-state index in [9.17, 15) is 9.90 Å². The summed E-state index contributed by atoms with van der Waals surface area (Å²) >= 11 is -2.66. The number of likely N-dealkylation sites (tertiary alicyclic amines) is 1. The van der Waals surface area contributed by atoms with Crippen molar-refractivity contribution in [2.45, 2.75) is 84.6 Å². The molecule has 0 aliphatic carbocycles. The first-order chi connectivity index (χ1) is 15.4. The number of likely N-dealkylation sites (N-methyl/N-ethyl adjacent to an activating group) is 1. The zero-order chi connectivity index (χ0) is 23.2. The van der Waals surface area contributed by atoms with Crippen LogP contribution in [0.4, 0.5) is 0 Å². The number of nitrogens with zero attached hydrogens (tertiary/aromatic N) is 3. The predicted molar refractivity (Wildman–Crippen MR) is 130 cm³/mol. The summed E-state index contributed by atoms with van der Waals surface area (Å²) in [5, 5.41) is 15.1. The molecule has 7 heteroatoms. The van der Waals surface area contributed by atoms with Crippen LogP contribution in [0.15, 0.2) is 28.9 Å². The molecule has 1 atom stereocenters. The molecular weight excluding hydrogens is 509 g/mol. The van der Waals surface area contributed by atoms with Crippen LogP contribution in [-0.2, 0) is 10.4 Å². The van der Waals surface area contributed by atoms with Crippen LogP contribution in [0, 0.1) is 0 Å². The van der Waals surface area contributed by atoms with E-state index in [1.807, 2.05) is 12.3 Å².